The van der Waals surface area contributed by atoms with Gasteiger partial charge in [0.15, 0.2) is 0 Å². The number of nitrogens with one attached hydrogen (secondary N) is 1. The molecule has 0 fully saturated rings. The molecule has 26 heavy (non-hydrogen) atoms. The topological polar surface area (TPSA) is 89.6 Å². The van der Waals surface area contributed by atoms with Crippen molar-refractivity contribution < 1.29 is 18.3 Å². The summed E-state index contributed by atoms with van der Waals surface area (Å²) in [5, 5.41) is 2.97. The minimum atomic E-state index is -1.58. The average molecular weight is 381 g/mol. The van der Waals surface area contributed by atoms with E-state index in [2.05, 4.69) is 15.3 Å². The Morgan fingerprint density at radius 3 is 2.85 bits per heavy atom. The van der Waals surface area contributed by atoms with Crippen LogP contribution in [-0.4, -0.2) is 36.6 Å². The van der Waals surface area contributed by atoms with E-state index in [1.165, 1.54) is 30.5 Å². The van der Waals surface area contributed by atoms with E-state index >= 15 is 0 Å². The smallest absolute Gasteiger partial charge is 0.274 e. The molecule has 0 saturated carbocycles. The van der Waals surface area contributed by atoms with Crippen LogP contribution in [0.1, 0.15) is 16.1 Å². The molecule has 1 aromatic heterocycles. The number of benzene rings is 1. The largest absolute Gasteiger partial charge is 0.385 e. The molecular weight excluding hydrogens is 366 g/mol. The van der Waals surface area contributed by atoms with Gasteiger partial charge in [0, 0.05) is 17.4 Å². The standard InChI is InChI=1S/C17H15ClF2N4O2/c18-10-1-4-14(22-6-10)16(25)23-11-2-3-13(20)12(5-11)17(8-19)9-26-7-15(21)24-17/h1-6H,7-9H2,(H2,21,24)(H,23,25)/t17-/m0/s1. The van der Waals surface area contributed by atoms with Crippen molar-refractivity contribution in [2.75, 3.05) is 25.2 Å². The SMILES string of the molecule is NC1=N[C@](CF)(c2cc(NC(=O)c3ccc(Cl)cn3)ccc2F)COC1. The van der Waals surface area contributed by atoms with Crippen molar-refractivity contribution in [3.05, 3.63) is 58.6 Å². The van der Waals surface area contributed by atoms with E-state index in [4.69, 9.17) is 22.1 Å². The highest BCUT2D eigenvalue weighted by atomic mass is 35.5. The predicted molar refractivity (Wildman–Crippen MR) is 93.7 cm³/mol. The summed E-state index contributed by atoms with van der Waals surface area (Å²) >= 11 is 5.74. The summed E-state index contributed by atoms with van der Waals surface area (Å²) in [6, 6.07) is 6.77. The molecule has 0 unspecified atom stereocenters. The van der Waals surface area contributed by atoms with Gasteiger partial charge in [0.2, 0.25) is 0 Å². The van der Waals surface area contributed by atoms with Crippen LogP contribution < -0.4 is 11.1 Å². The highest BCUT2D eigenvalue weighted by Crippen LogP contribution is 2.33. The number of amidine groups is 1. The number of amides is 1. The van der Waals surface area contributed by atoms with Gasteiger partial charge in [-0.15, -0.1) is 0 Å². The molecule has 6 nitrogen and oxygen atoms in total. The summed E-state index contributed by atoms with van der Waals surface area (Å²) in [4.78, 5) is 20.2. The second-order valence-corrected chi connectivity index (χ2v) is 6.21. The van der Waals surface area contributed by atoms with Crippen molar-refractivity contribution in [1.29, 1.82) is 0 Å². The van der Waals surface area contributed by atoms with Crippen LogP contribution in [0.5, 0.6) is 0 Å². The van der Waals surface area contributed by atoms with Crippen LogP contribution in [0.15, 0.2) is 41.5 Å². The Morgan fingerprint density at radius 1 is 1.38 bits per heavy atom. The van der Waals surface area contributed by atoms with E-state index in [0.29, 0.717) is 5.02 Å². The number of halogens is 3. The summed E-state index contributed by atoms with van der Waals surface area (Å²) in [5.74, 6) is -1.11. The van der Waals surface area contributed by atoms with Gasteiger partial charge >= 0.3 is 0 Å². The first-order valence-corrected chi connectivity index (χ1v) is 8.02. The second-order valence-electron chi connectivity index (χ2n) is 5.77. The van der Waals surface area contributed by atoms with Gasteiger partial charge in [0.1, 0.15) is 36.2 Å². The normalized spacial score (nSPS) is 19.7. The average Bonchev–Trinajstić information content (AvgIpc) is 2.63. The molecule has 1 aliphatic heterocycles. The van der Waals surface area contributed by atoms with Gasteiger partial charge in [-0.1, -0.05) is 11.6 Å². The lowest BCUT2D eigenvalue weighted by Gasteiger charge is -2.31. The maximum absolute atomic E-state index is 14.3. The fourth-order valence-corrected chi connectivity index (χ4v) is 2.72. The zero-order chi connectivity index (χ0) is 18.7. The minimum absolute atomic E-state index is 0.0514. The van der Waals surface area contributed by atoms with Crippen molar-refractivity contribution in [3.63, 3.8) is 0 Å². The molecular formula is C17H15ClF2N4O2. The quantitative estimate of drug-likeness (QED) is 0.853. The highest BCUT2D eigenvalue weighted by Gasteiger charge is 2.38. The number of aromatic nitrogens is 1. The van der Waals surface area contributed by atoms with E-state index in [0.717, 1.165) is 6.07 Å². The number of alkyl halides is 1. The highest BCUT2D eigenvalue weighted by molar-refractivity contribution is 6.30. The number of ether oxygens (including phenoxy) is 1. The summed E-state index contributed by atoms with van der Waals surface area (Å²) in [5.41, 5.74) is 4.39. The molecule has 0 aliphatic carbocycles. The number of nitrogens with zero attached hydrogens (tertiary/aromatic N) is 2. The summed E-state index contributed by atoms with van der Waals surface area (Å²) in [6.07, 6.45) is 1.33. The molecule has 0 bridgehead atoms. The number of rotatable bonds is 4. The van der Waals surface area contributed by atoms with E-state index in [1.807, 2.05) is 0 Å². The number of nitrogens with two attached hydrogens (primary N) is 1. The van der Waals surface area contributed by atoms with E-state index in [-0.39, 0.29) is 36.0 Å². The predicted octanol–water partition coefficient (Wildman–Crippen LogP) is 2.68. The van der Waals surface area contributed by atoms with Gasteiger partial charge in [0.25, 0.3) is 5.91 Å². The molecule has 3 rings (SSSR count). The van der Waals surface area contributed by atoms with Crippen LogP contribution >= 0.6 is 11.6 Å². The molecule has 1 amide bonds. The Morgan fingerprint density at radius 2 is 2.19 bits per heavy atom. The van der Waals surface area contributed by atoms with Crippen LogP contribution in [0.25, 0.3) is 0 Å². The lowest BCUT2D eigenvalue weighted by molar-refractivity contribution is 0.0809. The maximum atomic E-state index is 14.3. The van der Waals surface area contributed by atoms with Crippen LogP contribution in [-0.2, 0) is 10.3 Å². The number of carbonyl (C=O) groups excluding carboxylic acids is 1. The third-order valence-corrected chi connectivity index (χ3v) is 4.08. The maximum Gasteiger partial charge on any atom is 0.274 e. The Hall–Kier alpha value is -2.58. The Kier molecular flexibility index (Phi) is 5.15. The molecule has 0 radical (unpaired) electrons. The monoisotopic (exact) mass is 380 g/mol. The van der Waals surface area contributed by atoms with Gasteiger partial charge in [0.05, 0.1) is 11.6 Å². The molecule has 9 heteroatoms. The molecule has 2 heterocycles. The van der Waals surface area contributed by atoms with Crippen LogP contribution in [0.2, 0.25) is 5.02 Å². The Bertz CT molecular complexity index is 860. The number of pyridine rings is 1. The van der Waals surface area contributed by atoms with E-state index in [1.54, 1.807) is 0 Å². The first-order valence-electron chi connectivity index (χ1n) is 7.64. The number of aliphatic imine (C=N–C) groups is 1. The number of anilines is 1. The van der Waals surface area contributed by atoms with Crippen LogP contribution in [0.4, 0.5) is 14.5 Å². The zero-order valence-electron chi connectivity index (χ0n) is 13.5. The molecule has 0 spiro atoms. The minimum Gasteiger partial charge on any atom is -0.385 e. The van der Waals surface area contributed by atoms with Gasteiger partial charge in [-0.05, 0) is 30.3 Å². The summed E-state index contributed by atoms with van der Waals surface area (Å²) < 4.78 is 33.3. The first-order chi connectivity index (χ1) is 12.4. The van der Waals surface area contributed by atoms with Crippen molar-refractivity contribution in [3.8, 4) is 0 Å². The van der Waals surface area contributed by atoms with E-state index in [9.17, 15) is 13.6 Å². The van der Waals surface area contributed by atoms with Gasteiger partial charge in [-0.25, -0.2) is 13.8 Å². The van der Waals surface area contributed by atoms with Gasteiger partial charge in [-0.3, -0.25) is 9.79 Å². The molecule has 1 atom stereocenters. The Balaban J connectivity index is 1.91. The van der Waals surface area contributed by atoms with Gasteiger partial charge < -0.3 is 15.8 Å². The molecule has 1 aliphatic rings. The molecule has 136 valence electrons. The van der Waals surface area contributed by atoms with Crippen molar-refractivity contribution >= 4 is 29.0 Å². The van der Waals surface area contributed by atoms with E-state index < -0.39 is 23.9 Å². The van der Waals surface area contributed by atoms with Crippen LogP contribution in [0, 0.1) is 5.82 Å². The third kappa shape index (κ3) is 3.66. The summed E-state index contributed by atoms with van der Waals surface area (Å²) in [6.45, 7) is -1.10. The van der Waals surface area contributed by atoms with Gasteiger partial charge in [-0.2, -0.15) is 0 Å². The molecule has 2 aromatic rings. The number of hydrogen-bond donors (Lipinski definition) is 2. The fraction of sp³-hybridized carbons (Fsp3) is 0.235. The number of carbonyl (C=O) groups is 1. The van der Waals surface area contributed by atoms with Crippen molar-refractivity contribution in [1.82, 2.24) is 4.98 Å². The number of hydrogen-bond acceptors (Lipinski definition) is 5. The molecule has 1 aromatic carbocycles. The molecule has 3 N–H and O–H groups in total. The zero-order valence-corrected chi connectivity index (χ0v) is 14.3. The lowest BCUT2D eigenvalue weighted by Crippen LogP contribution is -2.42. The first kappa shape index (κ1) is 18.2. The summed E-state index contributed by atoms with van der Waals surface area (Å²) in [7, 11) is 0. The van der Waals surface area contributed by atoms with Crippen molar-refractivity contribution in [2.24, 2.45) is 10.7 Å². The Labute approximate surface area is 153 Å². The van der Waals surface area contributed by atoms with Crippen molar-refractivity contribution in [2.45, 2.75) is 5.54 Å². The fourth-order valence-electron chi connectivity index (χ4n) is 2.61. The lowest BCUT2D eigenvalue weighted by atomic mass is 9.91. The second kappa shape index (κ2) is 7.35. The third-order valence-electron chi connectivity index (χ3n) is 3.86. The van der Waals surface area contributed by atoms with Crippen LogP contribution in [0.3, 0.4) is 0 Å². The molecule has 0 saturated heterocycles.